The van der Waals surface area contributed by atoms with Gasteiger partial charge in [-0.05, 0) is 6.42 Å². The molecule has 0 saturated carbocycles. The third-order valence-corrected chi connectivity index (χ3v) is 5.13. The molecule has 15 heteroatoms. The number of hydrogen-bond donors (Lipinski definition) is 5. The maximum absolute atomic E-state index is 12.2. The fourth-order valence-corrected chi connectivity index (χ4v) is 3.37. The van der Waals surface area contributed by atoms with Gasteiger partial charge in [0.1, 0.15) is 25.2 Å². The number of nitrogens with two attached hydrogens (primary N) is 1. The Kier molecular flexibility index (Phi) is 16.5. The van der Waals surface area contributed by atoms with Gasteiger partial charge in [0.2, 0.25) is 11.8 Å². The summed E-state index contributed by atoms with van der Waals surface area (Å²) in [5.74, 6) is -3.03. The van der Waals surface area contributed by atoms with Gasteiger partial charge in [-0.15, -0.1) is 23.2 Å². The van der Waals surface area contributed by atoms with Gasteiger partial charge in [0.25, 0.3) is 0 Å². The number of carbonyl (C=O) groups is 5. The maximum atomic E-state index is 12.2. The summed E-state index contributed by atoms with van der Waals surface area (Å²) < 4.78 is 5.11. The molecule has 0 aliphatic carbocycles. The second kappa shape index (κ2) is 17.6. The molecule has 0 heterocycles. The van der Waals surface area contributed by atoms with Gasteiger partial charge in [-0.2, -0.15) is 11.8 Å². The average molecular weight is 519 g/mol. The van der Waals surface area contributed by atoms with Crippen LogP contribution >= 0.6 is 35.0 Å². The van der Waals surface area contributed by atoms with E-state index in [-0.39, 0.29) is 50.1 Å². The van der Waals surface area contributed by atoms with Gasteiger partial charge in [-0.1, -0.05) is 0 Å². The molecule has 0 rings (SSSR count). The van der Waals surface area contributed by atoms with E-state index in [1.165, 1.54) is 16.7 Å². The molecule has 2 unspecified atom stereocenters. The molecule has 0 aliphatic rings. The van der Waals surface area contributed by atoms with Crippen molar-refractivity contribution in [1.82, 2.24) is 15.5 Å². The Hall–Kier alpha value is -1.96. The van der Waals surface area contributed by atoms with Crippen LogP contribution in [0.4, 0.5) is 4.79 Å². The highest BCUT2D eigenvalue weighted by Gasteiger charge is 2.22. The first kappa shape index (κ1) is 30.0. The van der Waals surface area contributed by atoms with Crippen molar-refractivity contribution in [2.45, 2.75) is 24.9 Å². The third kappa shape index (κ3) is 14.2. The molecule has 0 fully saturated rings. The van der Waals surface area contributed by atoms with Crippen molar-refractivity contribution in [3.05, 3.63) is 0 Å². The maximum Gasteiger partial charge on any atom is 0.409 e. The number of amides is 3. The molecule has 2 atom stereocenters. The molecule has 184 valence electrons. The first-order valence-corrected chi connectivity index (χ1v) is 11.7. The largest absolute Gasteiger partial charge is 0.480 e. The minimum Gasteiger partial charge on any atom is -0.480 e. The van der Waals surface area contributed by atoms with E-state index >= 15 is 0 Å². The Morgan fingerprint density at radius 3 is 2.25 bits per heavy atom. The number of rotatable bonds is 17. The molecular weight excluding hydrogens is 491 g/mol. The lowest BCUT2D eigenvalue weighted by atomic mass is 10.1. The standard InChI is InChI=1S/C17H28Cl2N4O8S/c18-3-5-23(6-4-19)17(30)31-7-8-32-10-12(15(27)21-9-14(25)26)22-13(24)2-1-11(20)16(28)29/h11-12H,1-10,20H2,(H,21,27)(H,22,24)(H,25,26)(H,28,29). The van der Waals surface area contributed by atoms with E-state index in [4.69, 9.17) is 43.9 Å². The van der Waals surface area contributed by atoms with Crippen molar-refractivity contribution >= 4 is 64.8 Å². The van der Waals surface area contributed by atoms with E-state index in [0.717, 1.165) is 0 Å². The lowest BCUT2D eigenvalue weighted by Gasteiger charge is -2.20. The summed E-state index contributed by atoms with van der Waals surface area (Å²) in [5.41, 5.74) is 5.35. The number of carbonyl (C=O) groups excluding carboxylic acids is 3. The first-order valence-electron chi connectivity index (χ1n) is 9.51. The van der Waals surface area contributed by atoms with Crippen LogP contribution in [0.25, 0.3) is 0 Å². The van der Waals surface area contributed by atoms with Gasteiger partial charge in [0.05, 0.1) is 0 Å². The fourth-order valence-electron chi connectivity index (χ4n) is 2.12. The monoisotopic (exact) mass is 518 g/mol. The molecule has 3 amide bonds. The number of carboxylic acid groups (broad SMARTS) is 2. The van der Waals surface area contributed by atoms with Crippen LogP contribution < -0.4 is 16.4 Å². The molecule has 32 heavy (non-hydrogen) atoms. The second-order valence-corrected chi connectivity index (χ2v) is 8.18. The van der Waals surface area contributed by atoms with E-state index in [1.807, 2.05) is 0 Å². The molecule has 0 aromatic heterocycles. The lowest BCUT2D eigenvalue weighted by molar-refractivity contribution is -0.139. The molecular formula is C17H28Cl2N4O8S. The van der Waals surface area contributed by atoms with Gasteiger partial charge < -0.3 is 36.2 Å². The van der Waals surface area contributed by atoms with Crippen LogP contribution in [0.15, 0.2) is 0 Å². The normalized spacial score (nSPS) is 12.3. The van der Waals surface area contributed by atoms with E-state index in [9.17, 15) is 24.0 Å². The van der Waals surface area contributed by atoms with Crippen molar-refractivity contribution < 1.29 is 38.9 Å². The van der Waals surface area contributed by atoms with Crippen molar-refractivity contribution in [2.24, 2.45) is 5.73 Å². The van der Waals surface area contributed by atoms with Gasteiger partial charge in [-0.25, -0.2) is 4.79 Å². The lowest BCUT2D eigenvalue weighted by Crippen LogP contribution is -2.49. The van der Waals surface area contributed by atoms with E-state index < -0.39 is 48.5 Å². The summed E-state index contributed by atoms with van der Waals surface area (Å²) in [6.45, 7) is -0.0446. The summed E-state index contributed by atoms with van der Waals surface area (Å²) in [4.78, 5) is 58.9. The van der Waals surface area contributed by atoms with Gasteiger partial charge >= 0.3 is 18.0 Å². The number of thioether (sulfide) groups is 1. The van der Waals surface area contributed by atoms with Crippen LogP contribution in [-0.4, -0.2) is 107 Å². The van der Waals surface area contributed by atoms with Crippen molar-refractivity contribution in [3.63, 3.8) is 0 Å². The Labute approximate surface area is 199 Å². The third-order valence-electron chi connectivity index (χ3n) is 3.77. The zero-order valence-electron chi connectivity index (χ0n) is 17.3. The number of nitrogens with one attached hydrogen (secondary N) is 2. The number of hydrogen-bond acceptors (Lipinski definition) is 8. The highest BCUT2D eigenvalue weighted by Crippen LogP contribution is 2.06. The predicted octanol–water partition coefficient (Wildman–Crippen LogP) is -0.486. The van der Waals surface area contributed by atoms with Crippen LogP contribution in [0.5, 0.6) is 0 Å². The number of halogens is 2. The summed E-state index contributed by atoms with van der Waals surface area (Å²) in [6, 6.07) is -2.30. The molecule has 0 saturated heterocycles. The zero-order valence-corrected chi connectivity index (χ0v) is 19.6. The van der Waals surface area contributed by atoms with Crippen LogP contribution in [-0.2, 0) is 23.9 Å². The van der Waals surface area contributed by atoms with E-state index in [2.05, 4.69) is 10.6 Å². The smallest absolute Gasteiger partial charge is 0.409 e. The SMILES string of the molecule is NC(CCC(=O)NC(CSCCOC(=O)N(CCCl)CCCl)C(=O)NCC(=O)O)C(=O)O. The molecule has 0 aromatic carbocycles. The topological polar surface area (TPSA) is 188 Å². The summed E-state index contributed by atoms with van der Waals surface area (Å²) in [7, 11) is 0. The van der Waals surface area contributed by atoms with Gasteiger partial charge in [0, 0.05) is 42.8 Å². The molecule has 0 radical (unpaired) electrons. The van der Waals surface area contributed by atoms with Crippen molar-refractivity contribution in [1.29, 1.82) is 0 Å². The quantitative estimate of drug-likeness (QED) is 0.124. The molecule has 0 spiro atoms. The van der Waals surface area contributed by atoms with E-state index in [1.54, 1.807) is 0 Å². The Morgan fingerprint density at radius 2 is 1.72 bits per heavy atom. The van der Waals surface area contributed by atoms with Crippen LogP contribution in [0, 0.1) is 0 Å². The van der Waals surface area contributed by atoms with E-state index in [0.29, 0.717) is 5.75 Å². The van der Waals surface area contributed by atoms with Crippen LogP contribution in [0.1, 0.15) is 12.8 Å². The van der Waals surface area contributed by atoms with Crippen molar-refractivity contribution in [2.75, 3.05) is 49.5 Å². The molecule has 6 N–H and O–H groups in total. The summed E-state index contributed by atoms with van der Waals surface area (Å²) in [6.07, 6.45) is -0.935. The number of aliphatic carboxylic acids is 2. The second-order valence-electron chi connectivity index (χ2n) is 6.27. The summed E-state index contributed by atoms with van der Waals surface area (Å²) >= 11 is 12.4. The highest BCUT2D eigenvalue weighted by molar-refractivity contribution is 7.99. The van der Waals surface area contributed by atoms with Crippen LogP contribution in [0.3, 0.4) is 0 Å². The minimum absolute atomic E-state index is 0.0233. The Bertz CT molecular complexity index is 638. The zero-order chi connectivity index (χ0) is 24.5. The van der Waals surface area contributed by atoms with Crippen molar-refractivity contribution in [3.8, 4) is 0 Å². The highest BCUT2D eigenvalue weighted by atomic mass is 35.5. The Morgan fingerprint density at radius 1 is 1.09 bits per heavy atom. The Balaban J connectivity index is 4.61. The number of nitrogens with zero attached hydrogens (tertiary/aromatic N) is 1. The predicted molar refractivity (Wildman–Crippen MR) is 119 cm³/mol. The first-order chi connectivity index (χ1) is 15.1. The number of carboxylic acids is 2. The minimum atomic E-state index is -1.26. The average Bonchev–Trinajstić information content (AvgIpc) is 2.74. The van der Waals surface area contributed by atoms with Crippen LogP contribution in [0.2, 0.25) is 0 Å². The fraction of sp³-hybridized carbons (Fsp3) is 0.706. The number of ether oxygens (including phenoxy) is 1. The van der Waals surface area contributed by atoms with Gasteiger partial charge in [0.15, 0.2) is 0 Å². The molecule has 0 aliphatic heterocycles. The molecule has 12 nitrogen and oxygen atoms in total. The molecule has 0 bridgehead atoms. The number of alkyl halides is 2. The summed E-state index contributed by atoms with van der Waals surface area (Å²) in [5, 5.41) is 22.0. The molecule has 0 aromatic rings. The van der Waals surface area contributed by atoms with Gasteiger partial charge in [-0.3, -0.25) is 19.2 Å².